The molecule has 0 spiro atoms. The van der Waals surface area contributed by atoms with Gasteiger partial charge in [0, 0.05) is 21.7 Å². The number of aliphatic imine (C=N–C) groups is 1. The number of alkyl halides is 2. The Kier molecular flexibility index (Phi) is 7.86. The van der Waals surface area contributed by atoms with E-state index in [-0.39, 0.29) is 11.3 Å². The summed E-state index contributed by atoms with van der Waals surface area (Å²) in [5, 5.41) is 0. The highest BCUT2D eigenvalue weighted by atomic mass is 28.3. The Labute approximate surface area is 145 Å². The van der Waals surface area contributed by atoms with Crippen LogP contribution in [0.3, 0.4) is 0 Å². The normalized spacial score (nSPS) is 12.2. The Morgan fingerprint density at radius 1 is 1.29 bits per heavy atom. The summed E-state index contributed by atoms with van der Waals surface area (Å²) in [5.41, 5.74) is 1.31. The van der Waals surface area contributed by atoms with Gasteiger partial charge in [-0.1, -0.05) is 25.7 Å². The fourth-order valence-electron chi connectivity index (χ4n) is 2.15. The van der Waals surface area contributed by atoms with Crippen molar-refractivity contribution in [3.8, 4) is 5.75 Å². The molecular formula is C18H30F2N2OSi. The number of ether oxygens (including phenoxy) is 1. The van der Waals surface area contributed by atoms with E-state index < -0.39 is 14.5 Å². The van der Waals surface area contributed by atoms with Crippen molar-refractivity contribution in [2.24, 2.45) is 4.99 Å². The predicted octanol–water partition coefficient (Wildman–Crippen LogP) is 5.65. The van der Waals surface area contributed by atoms with E-state index in [1.165, 1.54) is 6.07 Å². The van der Waals surface area contributed by atoms with E-state index in [0.717, 1.165) is 24.6 Å². The molecule has 0 radical (unpaired) electrons. The van der Waals surface area contributed by atoms with Crippen LogP contribution in [0.4, 0.5) is 14.5 Å². The molecule has 1 rings (SSSR count). The average Bonchev–Trinajstić information content (AvgIpc) is 2.48. The minimum Gasteiger partial charge on any atom is -0.493 e. The molecule has 1 aromatic carbocycles. The van der Waals surface area contributed by atoms with Crippen LogP contribution in [0.25, 0.3) is 0 Å². The predicted molar refractivity (Wildman–Crippen MR) is 101 cm³/mol. The lowest BCUT2D eigenvalue weighted by molar-refractivity contribution is 0.145. The molecule has 136 valence electrons. The van der Waals surface area contributed by atoms with Gasteiger partial charge in [-0.15, -0.1) is 0 Å². The molecule has 0 atom stereocenters. The van der Waals surface area contributed by atoms with Crippen molar-refractivity contribution in [2.45, 2.75) is 52.4 Å². The molecule has 0 fully saturated rings. The molecule has 24 heavy (non-hydrogen) atoms. The van der Waals surface area contributed by atoms with Gasteiger partial charge in [-0.2, -0.15) is 0 Å². The van der Waals surface area contributed by atoms with Gasteiger partial charge in [-0.25, -0.2) is 13.8 Å². The quantitative estimate of drug-likeness (QED) is 0.247. The van der Waals surface area contributed by atoms with Crippen LogP contribution >= 0.6 is 0 Å². The molecule has 3 nitrogen and oxygen atoms in total. The third kappa shape index (κ3) is 6.99. The fourth-order valence-corrected chi connectivity index (χ4v) is 3.35. The summed E-state index contributed by atoms with van der Waals surface area (Å²) in [5.74, 6) is 0.279. The largest absolute Gasteiger partial charge is 0.493 e. The van der Waals surface area contributed by atoms with Crippen LogP contribution in [-0.4, -0.2) is 39.5 Å². The smallest absolute Gasteiger partial charge is 0.267 e. The molecule has 0 unspecified atom stereocenters. The molecular weight excluding hydrogens is 326 g/mol. The topological polar surface area (TPSA) is 24.8 Å². The molecule has 0 bridgehead atoms. The van der Waals surface area contributed by atoms with Gasteiger partial charge in [0.05, 0.1) is 24.2 Å². The average molecular weight is 357 g/mol. The summed E-state index contributed by atoms with van der Waals surface area (Å²) < 4.78 is 32.4. The Bertz CT molecular complexity index is 557. The van der Waals surface area contributed by atoms with Crippen molar-refractivity contribution in [1.29, 1.82) is 0 Å². The highest BCUT2D eigenvalue weighted by molar-refractivity contribution is 6.76. The van der Waals surface area contributed by atoms with Crippen LogP contribution in [-0.2, 0) is 0 Å². The minimum atomic E-state index is -2.57. The molecule has 1 aromatic rings. The summed E-state index contributed by atoms with van der Waals surface area (Å²) >= 11 is 0. The van der Waals surface area contributed by atoms with Gasteiger partial charge in [0.15, 0.2) is 0 Å². The first kappa shape index (κ1) is 20.6. The fraction of sp³-hybridized carbons (Fsp3) is 0.611. The number of rotatable bonds is 9. The summed E-state index contributed by atoms with van der Waals surface area (Å²) in [6.45, 7) is 12.0. The highest BCUT2D eigenvalue weighted by Crippen LogP contribution is 2.35. The van der Waals surface area contributed by atoms with Gasteiger partial charge in [0.2, 0.25) is 0 Å². The van der Waals surface area contributed by atoms with Gasteiger partial charge in [0.25, 0.3) is 6.43 Å². The van der Waals surface area contributed by atoms with Gasteiger partial charge in [0.1, 0.15) is 5.75 Å². The Morgan fingerprint density at radius 3 is 2.50 bits per heavy atom. The van der Waals surface area contributed by atoms with Crippen molar-refractivity contribution >= 4 is 20.1 Å². The van der Waals surface area contributed by atoms with E-state index in [4.69, 9.17) is 4.74 Å². The van der Waals surface area contributed by atoms with Crippen LogP contribution in [0.5, 0.6) is 5.75 Å². The maximum Gasteiger partial charge on any atom is 0.267 e. The first-order valence-corrected chi connectivity index (χ1v) is 12.1. The van der Waals surface area contributed by atoms with E-state index in [2.05, 4.69) is 24.6 Å². The van der Waals surface area contributed by atoms with Gasteiger partial charge in [-0.05, 0) is 38.0 Å². The molecule has 0 aromatic heterocycles. The lowest BCUT2D eigenvalue weighted by atomic mass is 10.1. The molecule has 0 saturated heterocycles. The molecule has 0 heterocycles. The minimum absolute atomic E-state index is 0.0834. The lowest BCUT2D eigenvalue weighted by Gasteiger charge is -2.17. The number of hydrogen-bond donors (Lipinski definition) is 0. The number of benzene rings is 1. The van der Waals surface area contributed by atoms with Crippen LogP contribution in [0.1, 0.15) is 30.9 Å². The van der Waals surface area contributed by atoms with E-state index in [0.29, 0.717) is 12.3 Å². The zero-order valence-electron chi connectivity index (χ0n) is 15.7. The molecule has 0 saturated carbocycles. The zero-order chi connectivity index (χ0) is 18.3. The molecule has 0 aliphatic carbocycles. The van der Waals surface area contributed by atoms with Gasteiger partial charge in [-0.3, -0.25) is 0 Å². The standard InChI is InChI=1S/C18H30F2N2OSi/c1-7-22(3)13-21-16-12-15(18(19)20)17(11-14(16)2)23-9-8-10-24(4,5)6/h11-13,18H,7-10H2,1-6H3/b21-13-. The van der Waals surface area contributed by atoms with E-state index in [9.17, 15) is 8.78 Å². The summed E-state index contributed by atoms with van der Waals surface area (Å²) in [4.78, 5) is 6.20. The molecule has 0 amide bonds. The second-order valence-corrected chi connectivity index (χ2v) is 12.9. The number of aryl methyl sites for hydroxylation is 1. The third-order valence-electron chi connectivity index (χ3n) is 3.78. The van der Waals surface area contributed by atoms with E-state index in [1.807, 2.05) is 25.8 Å². The molecule has 6 heteroatoms. The summed E-state index contributed by atoms with van der Waals surface area (Å²) in [6, 6.07) is 4.24. The van der Waals surface area contributed by atoms with Gasteiger partial charge >= 0.3 is 0 Å². The SMILES string of the molecule is CCN(C)/C=N\c1cc(C(F)F)c(OCCC[Si](C)(C)C)cc1C. The van der Waals surface area contributed by atoms with Crippen LogP contribution in [0.2, 0.25) is 25.7 Å². The van der Waals surface area contributed by atoms with Gasteiger partial charge < -0.3 is 9.64 Å². The van der Waals surface area contributed by atoms with Crippen molar-refractivity contribution in [3.63, 3.8) is 0 Å². The monoisotopic (exact) mass is 356 g/mol. The Morgan fingerprint density at radius 2 is 1.96 bits per heavy atom. The maximum absolute atomic E-state index is 13.4. The number of halogens is 2. The second-order valence-electron chi connectivity index (χ2n) is 7.31. The molecule has 0 N–H and O–H groups in total. The maximum atomic E-state index is 13.4. The first-order chi connectivity index (χ1) is 11.1. The highest BCUT2D eigenvalue weighted by Gasteiger charge is 2.17. The zero-order valence-corrected chi connectivity index (χ0v) is 16.7. The third-order valence-corrected chi connectivity index (χ3v) is 5.64. The molecule has 0 aliphatic heterocycles. The Balaban J connectivity index is 2.89. The molecule has 0 aliphatic rings. The van der Waals surface area contributed by atoms with Crippen molar-refractivity contribution in [3.05, 3.63) is 23.3 Å². The van der Waals surface area contributed by atoms with Crippen molar-refractivity contribution < 1.29 is 13.5 Å². The van der Waals surface area contributed by atoms with Crippen LogP contribution in [0, 0.1) is 6.92 Å². The summed E-state index contributed by atoms with van der Waals surface area (Å²) in [6.07, 6.45) is -0.0134. The van der Waals surface area contributed by atoms with Crippen molar-refractivity contribution in [2.75, 3.05) is 20.2 Å². The first-order valence-electron chi connectivity index (χ1n) is 8.44. The number of nitrogens with zero attached hydrogens (tertiary/aromatic N) is 2. The van der Waals surface area contributed by atoms with Crippen molar-refractivity contribution in [1.82, 2.24) is 4.90 Å². The lowest BCUT2D eigenvalue weighted by Crippen LogP contribution is -2.20. The van der Waals surface area contributed by atoms with Crippen LogP contribution < -0.4 is 4.74 Å². The van der Waals surface area contributed by atoms with E-state index >= 15 is 0 Å². The van der Waals surface area contributed by atoms with E-state index in [1.54, 1.807) is 12.4 Å². The second kappa shape index (κ2) is 9.16. The van der Waals surface area contributed by atoms with Crippen LogP contribution in [0.15, 0.2) is 17.1 Å². The summed E-state index contributed by atoms with van der Waals surface area (Å²) in [7, 11) is 0.764. The number of hydrogen-bond acceptors (Lipinski definition) is 2. The Hall–Kier alpha value is -1.43.